The van der Waals surface area contributed by atoms with Gasteiger partial charge in [-0.05, 0) is 6.42 Å². The molecule has 11 nitrogen and oxygen atoms in total. The van der Waals surface area contributed by atoms with Gasteiger partial charge in [0.1, 0.15) is 12.7 Å². The fraction of sp³-hybridized carbons (Fsp3) is 1.00. The topological polar surface area (TPSA) is 162 Å². The lowest BCUT2D eigenvalue weighted by Crippen LogP contribution is -2.37. The molecule has 0 aromatic heterocycles. The first-order chi connectivity index (χ1) is 12.9. The van der Waals surface area contributed by atoms with Gasteiger partial charge < -0.3 is 24.9 Å². The van der Waals surface area contributed by atoms with Crippen molar-refractivity contribution in [1.29, 1.82) is 0 Å². The highest BCUT2D eigenvalue weighted by atomic mass is 31.2. The van der Waals surface area contributed by atoms with E-state index in [2.05, 4.69) is 0 Å². The molecule has 0 radical (unpaired) electrons. The van der Waals surface area contributed by atoms with Gasteiger partial charge in [-0.15, -0.1) is 0 Å². The molecule has 0 saturated carbocycles. The Morgan fingerprint density at radius 2 is 0.929 bits per heavy atom. The van der Waals surface area contributed by atoms with Crippen LogP contribution in [0.4, 0.5) is 0 Å². The predicted octanol–water partition coefficient (Wildman–Crippen LogP) is -0.101. The summed E-state index contributed by atoms with van der Waals surface area (Å²) < 4.78 is 36.2. The average Bonchev–Trinajstić information content (AvgIpc) is 2.67. The Morgan fingerprint density at radius 1 is 0.643 bits per heavy atom. The van der Waals surface area contributed by atoms with Crippen molar-refractivity contribution in [1.82, 2.24) is 14.7 Å². The van der Waals surface area contributed by atoms with Crippen LogP contribution in [0.1, 0.15) is 13.3 Å². The van der Waals surface area contributed by atoms with E-state index in [1.54, 1.807) is 14.7 Å². The number of aliphatic hydroxyl groups excluding tert-OH is 2. The fourth-order valence-electron chi connectivity index (χ4n) is 3.06. The molecular formula is C14H34N3O8P3. The van der Waals surface area contributed by atoms with E-state index in [4.69, 9.17) is 10.2 Å². The second-order valence-electron chi connectivity index (χ2n) is 7.32. The van der Waals surface area contributed by atoms with Gasteiger partial charge in [0, 0.05) is 45.4 Å². The van der Waals surface area contributed by atoms with Gasteiger partial charge in [0.05, 0.1) is 18.9 Å². The number of aliphatic hydroxyl groups is 2. The van der Waals surface area contributed by atoms with Crippen molar-refractivity contribution in [2.24, 2.45) is 0 Å². The Bertz CT molecular complexity index is 585. The van der Waals surface area contributed by atoms with Crippen LogP contribution in [-0.2, 0) is 13.7 Å². The lowest BCUT2D eigenvalue weighted by Gasteiger charge is -2.28. The summed E-state index contributed by atoms with van der Waals surface area (Å²) >= 11 is 0. The van der Waals surface area contributed by atoms with Crippen molar-refractivity contribution in [3.05, 3.63) is 0 Å². The van der Waals surface area contributed by atoms with E-state index in [1.165, 1.54) is 0 Å². The van der Waals surface area contributed by atoms with Gasteiger partial charge in [-0.3, -0.25) is 28.4 Å². The van der Waals surface area contributed by atoms with Crippen LogP contribution in [0, 0.1) is 0 Å². The van der Waals surface area contributed by atoms with E-state index in [1.807, 2.05) is 6.92 Å². The lowest BCUT2D eigenvalue weighted by atomic mass is 10.5. The largest absolute Gasteiger partial charge is 0.386 e. The van der Waals surface area contributed by atoms with Crippen LogP contribution in [0.5, 0.6) is 0 Å². The van der Waals surface area contributed by atoms with Crippen LogP contribution in [-0.4, -0.2) is 117 Å². The third kappa shape index (κ3) is 10.4. The molecule has 14 heteroatoms. The first kappa shape index (κ1) is 26.4. The molecule has 28 heavy (non-hydrogen) atoms. The van der Waals surface area contributed by atoms with Gasteiger partial charge in [0.25, 0.3) is 0 Å². The summed E-state index contributed by atoms with van der Waals surface area (Å²) in [6, 6.07) is 0. The SMILES string of the molecule is CCCP(=O)(O)CN1CCN(CP(=O)(O)CO)CCN(CP(=O)(O)CO)CC1. The van der Waals surface area contributed by atoms with E-state index in [-0.39, 0.29) is 25.0 Å². The van der Waals surface area contributed by atoms with Crippen LogP contribution >= 0.6 is 22.1 Å². The van der Waals surface area contributed by atoms with Crippen molar-refractivity contribution < 1.29 is 38.6 Å². The minimum Gasteiger partial charge on any atom is -0.386 e. The molecule has 5 N–H and O–H groups in total. The highest BCUT2D eigenvalue weighted by Gasteiger charge is 2.28. The third-order valence-corrected chi connectivity index (χ3v) is 9.03. The summed E-state index contributed by atoms with van der Waals surface area (Å²) in [5.41, 5.74) is 0. The number of hydrogen-bond donors (Lipinski definition) is 5. The molecule has 1 aliphatic rings. The molecule has 0 amide bonds. The molecule has 1 rings (SSSR count). The van der Waals surface area contributed by atoms with Crippen LogP contribution in [0.25, 0.3) is 0 Å². The number of rotatable bonds is 10. The van der Waals surface area contributed by atoms with E-state index < -0.39 is 34.8 Å². The summed E-state index contributed by atoms with van der Waals surface area (Å²) in [5, 5.41) is 18.2. The zero-order valence-electron chi connectivity index (χ0n) is 16.3. The normalized spacial score (nSPS) is 25.1. The van der Waals surface area contributed by atoms with Crippen LogP contribution in [0.15, 0.2) is 0 Å². The van der Waals surface area contributed by atoms with E-state index in [0.29, 0.717) is 45.7 Å². The maximum atomic E-state index is 12.3. The number of nitrogens with zero attached hydrogens (tertiary/aromatic N) is 3. The quantitative estimate of drug-likeness (QED) is 0.274. The smallest absolute Gasteiger partial charge is 0.238 e. The third-order valence-electron chi connectivity index (χ3n) is 4.48. The summed E-state index contributed by atoms with van der Waals surface area (Å²) in [7, 11) is -10.8. The van der Waals surface area contributed by atoms with E-state index >= 15 is 0 Å². The van der Waals surface area contributed by atoms with E-state index in [0.717, 1.165) is 0 Å². The average molecular weight is 465 g/mol. The first-order valence-electron chi connectivity index (χ1n) is 9.23. The maximum absolute atomic E-state index is 12.3. The Labute approximate surface area is 166 Å². The Balaban J connectivity index is 2.92. The second-order valence-corrected chi connectivity index (χ2v) is 14.3. The molecule has 3 unspecified atom stereocenters. The zero-order chi connectivity index (χ0) is 21.4. The first-order valence-corrected chi connectivity index (χ1v) is 15.3. The Kier molecular flexibility index (Phi) is 11.0. The summed E-state index contributed by atoms with van der Waals surface area (Å²) in [4.78, 5) is 34.8. The lowest BCUT2D eigenvalue weighted by molar-refractivity contribution is 0.239. The molecule has 168 valence electrons. The van der Waals surface area contributed by atoms with Crippen LogP contribution in [0.3, 0.4) is 0 Å². The van der Waals surface area contributed by atoms with Gasteiger partial charge in [0.2, 0.25) is 22.1 Å². The monoisotopic (exact) mass is 465 g/mol. The Hall–Kier alpha value is 0.370. The molecule has 0 aromatic rings. The molecule has 1 heterocycles. The van der Waals surface area contributed by atoms with Crippen molar-refractivity contribution in [2.45, 2.75) is 13.3 Å². The second kappa shape index (κ2) is 11.7. The van der Waals surface area contributed by atoms with Crippen LogP contribution < -0.4 is 0 Å². The molecular weight excluding hydrogens is 431 g/mol. The molecule has 1 aliphatic heterocycles. The van der Waals surface area contributed by atoms with E-state index in [9.17, 15) is 28.4 Å². The van der Waals surface area contributed by atoms with Crippen molar-refractivity contribution in [2.75, 3.05) is 77.0 Å². The molecule has 1 fully saturated rings. The fourth-order valence-corrected chi connectivity index (χ4v) is 6.80. The van der Waals surface area contributed by atoms with Gasteiger partial charge in [-0.25, -0.2) is 0 Å². The minimum absolute atomic E-state index is 0.0178. The van der Waals surface area contributed by atoms with Gasteiger partial charge in [-0.2, -0.15) is 0 Å². The maximum Gasteiger partial charge on any atom is 0.238 e. The Morgan fingerprint density at radius 3 is 1.18 bits per heavy atom. The standard InChI is InChI=1S/C14H34N3O8P3/c1-2-9-26(20,21)10-15-3-5-16(11-27(22,23)13-18)7-8-17(6-4-15)12-28(24,25)14-19/h18-19H,2-14H2,1H3,(H,20,21)(H,22,23)(H,24,25). The molecule has 3 atom stereocenters. The summed E-state index contributed by atoms with van der Waals surface area (Å²) in [5.74, 6) is 0. The van der Waals surface area contributed by atoms with Crippen LogP contribution in [0.2, 0.25) is 0 Å². The predicted molar refractivity (Wildman–Crippen MR) is 108 cm³/mol. The van der Waals surface area contributed by atoms with Gasteiger partial charge in [-0.1, -0.05) is 6.92 Å². The highest BCUT2D eigenvalue weighted by Crippen LogP contribution is 2.43. The zero-order valence-corrected chi connectivity index (χ0v) is 19.0. The summed E-state index contributed by atoms with van der Waals surface area (Å²) in [6.07, 6.45) is -1.37. The summed E-state index contributed by atoms with van der Waals surface area (Å²) in [6.45, 7) is 3.99. The molecule has 0 aliphatic carbocycles. The van der Waals surface area contributed by atoms with Gasteiger partial charge in [0.15, 0.2) is 0 Å². The highest BCUT2D eigenvalue weighted by molar-refractivity contribution is 7.58. The van der Waals surface area contributed by atoms with Gasteiger partial charge >= 0.3 is 0 Å². The molecule has 1 saturated heterocycles. The van der Waals surface area contributed by atoms with Crippen molar-refractivity contribution in [3.8, 4) is 0 Å². The van der Waals surface area contributed by atoms with Crippen molar-refractivity contribution >= 4 is 22.1 Å². The number of hydrogen-bond acceptors (Lipinski definition) is 8. The molecule has 0 aromatic carbocycles. The minimum atomic E-state index is -3.73. The molecule has 0 spiro atoms. The molecule has 0 bridgehead atoms. The van der Waals surface area contributed by atoms with Crippen molar-refractivity contribution in [3.63, 3.8) is 0 Å².